The molecule has 102 heavy (non-hydrogen) atoms. The van der Waals surface area contributed by atoms with Crippen LogP contribution in [0.25, 0.3) is 22.5 Å². The maximum atomic E-state index is 14.5. The predicted molar refractivity (Wildman–Crippen MR) is 398 cm³/mol. The Morgan fingerprint density at radius 1 is 0.647 bits per heavy atom. The maximum Gasteiger partial charge on any atom is 0.521 e. The van der Waals surface area contributed by atoms with Crippen LogP contribution in [0.3, 0.4) is 0 Å². The first kappa shape index (κ1) is 81.0. The van der Waals surface area contributed by atoms with Gasteiger partial charge in [-0.25, -0.2) is 18.7 Å². The van der Waals surface area contributed by atoms with E-state index in [1.807, 2.05) is 126 Å². The first-order valence-electron chi connectivity index (χ1n) is 32.9. The fourth-order valence-corrected chi connectivity index (χ4v) is 18.0. The van der Waals surface area contributed by atoms with Crippen LogP contribution in [-0.2, 0) is 53.1 Å². The second kappa shape index (κ2) is 36.3. The van der Waals surface area contributed by atoms with Crippen molar-refractivity contribution in [3.05, 3.63) is 216 Å². The minimum absolute atomic E-state index is 0.0536. The van der Waals surface area contributed by atoms with Crippen LogP contribution in [0, 0.1) is 42.4 Å². The zero-order chi connectivity index (χ0) is 75.9. The van der Waals surface area contributed by atoms with Gasteiger partial charge < -0.3 is 33.6 Å². The van der Waals surface area contributed by atoms with Crippen LogP contribution in [0.2, 0.25) is 5.04 Å². The van der Waals surface area contributed by atoms with Crippen molar-refractivity contribution in [3.8, 4) is 39.8 Å². The Balaban J connectivity index is 0.000000222. The summed E-state index contributed by atoms with van der Waals surface area (Å²) < 4.78 is 171. The van der Waals surface area contributed by atoms with Crippen molar-refractivity contribution in [3.63, 3.8) is 0 Å². The van der Waals surface area contributed by atoms with Crippen molar-refractivity contribution in [1.82, 2.24) is 9.97 Å². The number of aliphatic hydroxyl groups is 1. The minimum Gasteiger partial charge on any atom is -0.507 e. The number of hydrogen-bond acceptors (Lipinski definition) is 12. The number of pyridine rings is 2. The predicted octanol–water partition coefficient (Wildman–Crippen LogP) is 18.6. The molecule has 0 spiro atoms. The average Bonchev–Trinajstić information content (AvgIpc) is 1.24. The lowest BCUT2D eigenvalue weighted by Gasteiger charge is -2.43. The van der Waals surface area contributed by atoms with E-state index in [9.17, 15) is 59.1 Å². The first-order chi connectivity index (χ1) is 48.7. The zero-order valence-electron chi connectivity index (χ0n) is 58.2. The fourth-order valence-electron chi connectivity index (χ4n) is 12.6. The third kappa shape index (κ3) is 21.1. The molecule has 0 saturated heterocycles. The van der Waals surface area contributed by atoms with Gasteiger partial charge in [0.2, 0.25) is 0 Å². The van der Waals surface area contributed by atoms with E-state index in [-0.39, 0.29) is 99.4 Å². The number of esters is 2. The van der Waals surface area contributed by atoms with Gasteiger partial charge in [-0.3, -0.25) is 9.59 Å². The van der Waals surface area contributed by atoms with Gasteiger partial charge in [-0.1, -0.05) is 133 Å². The molecule has 542 valence electrons. The van der Waals surface area contributed by atoms with E-state index in [2.05, 4.69) is 62.7 Å². The van der Waals surface area contributed by atoms with Crippen LogP contribution in [0.1, 0.15) is 132 Å². The summed E-state index contributed by atoms with van der Waals surface area (Å²) in [5, 5.41) is 22.4. The van der Waals surface area contributed by atoms with Crippen molar-refractivity contribution >= 4 is 101 Å². The molecule has 2 aliphatic carbocycles. The number of halogens is 11. The molecule has 2 aromatic heterocycles. The van der Waals surface area contributed by atoms with E-state index < -0.39 is 79.8 Å². The fraction of sp³-hybridized carbons (Fsp3) is 0.360. The summed E-state index contributed by atoms with van der Waals surface area (Å²) >= 11 is 4.24. The van der Waals surface area contributed by atoms with E-state index in [4.69, 9.17) is 29.0 Å². The Bertz CT molecular complexity index is 4230. The molecule has 10 rings (SSSR count). The molecule has 27 heteroatoms. The summed E-state index contributed by atoms with van der Waals surface area (Å²) in [5.74, 6) is -1.43. The molecule has 2 fully saturated rings. The Morgan fingerprint density at radius 3 is 1.45 bits per heavy atom. The number of aliphatic hydroxyl groups excluding tert-OH is 1. The number of methoxy groups -OCH3 is 4. The number of hydrogen-bond donors (Lipinski definition) is 2. The highest BCUT2D eigenvalue weighted by atomic mass is 127. The van der Waals surface area contributed by atoms with Gasteiger partial charge in [0.1, 0.15) is 40.7 Å². The number of carbonyl (C=O) groups excluding carboxylic acids is 2. The Labute approximate surface area is 623 Å². The standard InChI is InChI=1S/C31H31F4NO3Si.C30H30F4INO3.C14H17IO3.BFOPS/c1-30(2,3)40(22-11-7-5-8-12-22,23-13-9-6-10-14-23)39-20-28(37)24-16-18-27(36-29(24)31(33,34)35)25-19-21(38-4)15-17-26(25)32;1-16(13-20-14-19(7-11-25(20)35)27(18-5-6-18)17(2)29(37)39-4)22-9-12-26(36-28(22)30(32,33)34)23-15-21(38-3)8-10-24(23)31;1-8(14(17)18-2)13(9-3-4-9)10-5-6-11(15)12(16)7-10;1-4(2)5-3/h5-19,28,37H,20H2,1-4H3;7-12,14-18,27H,5-6,13H2,1-4H3;5-9,13,16H,3-4H2,1-2H3;/q;;;+1/t28-;16-,17+,27?;8-,13-;/m110./s1/i;1T;;. The summed E-state index contributed by atoms with van der Waals surface area (Å²) in [6.45, 7) is 6.91. The van der Waals surface area contributed by atoms with Crippen LogP contribution in [0.15, 0.2) is 158 Å². The zero-order valence-corrected chi connectivity index (χ0v) is 64.3. The smallest absolute Gasteiger partial charge is 0.507 e. The number of alkyl halides is 6. The normalized spacial score (nSPS) is 15.1. The molecule has 0 bridgehead atoms. The van der Waals surface area contributed by atoms with Gasteiger partial charge in [0, 0.05) is 21.6 Å². The number of rotatable bonds is 21. The molecule has 2 saturated carbocycles. The van der Waals surface area contributed by atoms with Gasteiger partial charge in [0.05, 0.1) is 61.8 Å². The van der Waals surface area contributed by atoms with E-state index >= 15 is 0 Å². The largest absolute Gasteiger partial charge is 0.521 e. The van der Waals surface area contributed by atoms with Crippen LogP contribution < -0.4 is 19.8 Å². The minimum atomic E-state index is -4.90. The molecule has 8 aromatic rings. The number of carbonyl (C=O) groups is 2. The van der Waals surface area contributed by atoms with Crippen molar-refractivity contribution in [2.75, 3.05) is 35.0 Å². The molecule has 12 nitrogen and oxygen atoms in total. The van der Waals surface area contributed by atoms with E-state index in [0.29, 0.717) is 17.6 Å². The summed E-state index contributed by atoms with van der Waals surface area (Å²) in [6.07, 6.45) is -6.87. The van der Waals surface area contributed by atoms with Gasteiger partial charge in [-0.15, -0.1) is 0 Å². The highest BCUT2D eigenvalue weighted by Crippen LogP contribution is 2.50. The van der Waals surface area contributed by atoms with Crippen LogP contribution in [-0.4, -0.2) is 87.3 Å². The third-order valence-corrected chi connectivity index (χ3v) is 25.3. The Morgan fingerprint density at radius 2 is 1.07 bits per heavy atom. The van der Waals surface area contributed by atoms with Gasteiger partial charge in [-0.05, 0) is 215 Å². The quantitative estimate of drug-likeness (QED) is 0.0230. The first-order valence-corrected chi connectivity index (χ1v) is 38.9. The summed E-state index contributed by atoms with van der Waals surface area (Å²) in [7, 11) is 6.57. The molecular weight excluding hydrogens is 1620 g/mol. The Kier molecular flexibility index (Phi) is 28.9. The molecular formula is C75H78BF9I2N2O10PSSi+. The lowest BCUT2D eigenvalue weighted by atomic mass is 9.82. The number of ether oxygens (including phenoxy) is 4. The molecule has 6 aromatic carbocycles. The number of aromatic hydroxyl groups is 1. The molecule has 2 radical (unpaired) electrons. The Hall–Kier alpha value is -6.69. The number of phenolic OH excluding ortho intramolecular Hbond substituents is 1. The monoisotopic (exact) mass is 1700 g/mol. The van der Waals surface area contributed by atoms with E-state index in [1.165, 1.54) is 70.9 Å². The summed E-state index contributed by atoms with van der Waals surface area (Å²) in [4.78, 5) is 31.7. The number of aromatic nitrogens is 2. The average molecular weight is 1700 g/mol. The number of phenols is 1. The highest BCUT2D eigenvalue weighted by Gasteiger charge is 2.51. The molecule has 7 atom stereocenters. The molecule has 2 heterocycles. The van der Waals surface area contributed by atoms with Gasteiger partial charge >= 0.3 is 49.6 Å². The molecule has 0 amide bonds. The topological polar surface area (TPSA) is 164 Å². The molecule has 2 N–H and O–H groups in total. The summed E-state index contributed by atoms with van der Waals surface area (Å²) in [6, 6.07) is 43.3. The second-order valence-electron chi connectivity index (χ2n) is 25.6. The van der Waals surface area contributed by atoms with Crippen molar-refractivity contribution in [2.24, 2.45) is 23.7 Å². The van der Waals surface area contributed by atoms with Gasteiger partial charge in [0.25, 0.3) is 8.32 Å². The molecule has 2 unspecified atom stereocenters. The SMILES string of the molecule is COC(=O)[C@@H](C)[C@H](c1ccc(I)c(O)c1)C1CC1.COc1ccc(F)c(-c2ccc([C@H](O)CO[Si](c3ccccc3)(c3ccccc3)C(C)(C)C)c(C(F)(F)F)n2)c1.[3H]C[C@H](Cc1cc(C(C2CC2)[C@H](C)C(=O)OC)ccc1I)c1ccc(-c2cc(OC)ccc2F)nc1C(F)(F)F.[B][P+](F)=S=O. The number of benzene rings is 6. The summed E-state index contributed by atoms with van der Waals surface area (Å²) in [5.41, 5.74) is -0.864. The molecule has 0 aliphatic heterocycles. The van der Waals surface area contributed by atoms with E-state index in [1.54, 1.807) is 6.07 Å². The van der Waals surface area contributed by atoms with Crippen molar-refractivity contribution < 1.29 is 88.1 Å². The molecule has 2 aliphatic rings. The maximum absolute atomic E-state index is 14.5. The van der Waals surface area contributed by atoms with Crippen LogP contribution >= 0.6 is 52.1 Å². The van der Waals surface area contributed by atoms with Crippen LogP contribution in [0.4, 0.5) is 39.3 Å². The third-order valence-electron chi connectivity index (χ3n) is 17.8. The van der Waals surface area contributed by atoms with Crippen molar-refractivity contribution in [2.45, 2.75) is 115 Å². The van der Waals surface area contributed by atoms with Crippen LogP contribution in [0.5, 0.6) is 17.2 Å². The number of nitrogens with zero attached hydrogens (tertiary/aromatic N) is 2. The van der Waals surface area contributed by atoms with Crippen molar-refractivity contribution in [1.29, 1.82) is 0 Å². The second-order valence-corrected chi connectivity index (χ2v) is 34.4. The van der Waals surface area contributed by atoms with Gasteiger partial charge in [0.15, 0.2) is 5.69 Å². The lowest BCUT2D eigenvalue weighted by Crippen LogP contribution is -2.66. The lowest BCUT2D eigenvalue weighted by molar-refractivity contribution is -0.146. The van der Waals surface area contributed by atoms with E-state index in [0.717, 1.165) is 78.1 Å². The van der Waals surface area contributed by atoms with Gasteiger partial charge in [-0.2, -0.15) is 30.6 Å². The highest BCUT2D eigenvalue weighted by molar-refractivity contribution is 14.1.